The summed E-state index contributed by atoms with van der Waals surface area (Å²) < 4.78 is 29.1. The van der Waals surface area contributed by atoms with Crippen LogP contribution in [-0.4, -0.2) is 42.5 Å². The van der Waals surface area contributed by atoms with Crippen LogP contribution in [0.1, 0.15) is 30.2 Å². The molecule has 1 aliphatic rings. The summed E-state index contributed by atoms with van der Waals surface area (Å²) in [5.41, 5.74) is 1.79. The Morgan fingerprint density at radius 1 is 1.20 bits per heavy atom. The van der Waals surface area contributed by atoms with Crippen molar-refractivity contribution in [1.82, 2.24) is 8.72 Å². The molecule has 25 heavy (non-hydrogen) atoms. The highest BCUT2D eigenvalue weighted by Gasteiger charge is 2.37. The van der Waals surface area contributed by atoms with E-state index in [1.165, 1.54) is 20.1 Å². The van der Waals surface area contributed by atoms with Crippen LogP contribution in [-0.2, 0) is 10.2 Å². The second-order valence-electron chi connectivity index (χ2n) is 5.65. The normalized spacial score (nSPS) is 18.0. The van der Waals surface area contributed by atoms with E-state index in [1.807, 2.05) is 56.3 Å². The number of halogens is 1. The van der Waals surface area contributed by atoms with Gasteiger partial charge in [-0.3, -0.25) is 0 Å². The van der Waals surface area contributed by atoms with Gasteiger partial charge in [0.1, 0.15) is 0 Å². The Morgan fingerprint density at radius 2 is 1.88 bits per heavy atom. The van der Waals surface area contributed by atoms with Gasteiger partial charge in [-0.05, 0) is 17.7 Å². The highest BCUT2D eigenvalue weighted by Crippen LogP contribution is 2.34. The first kappa shape index (κ1) is 18.4. The third-order valence-electron chi connectivity index (χ3n) is 4.21. The quantitative estimate of drug-likeness (QED) is 0.744. The van der Waals surface area contributed by atoms with Crippen molar-refractivity contribution in [3.63, 3.8) is 0 Å². The van der Waals surface area contributed by atoms with Crippen LogP contribution >= 0.6 is 22.9 Å². The van der Waals surface area contributed by atoms with Crippen LogP contribution in [0.2, 0.25) is 4.34 Å². The van der Waals surface area contributed by atoms with Crippen LogP contribution in [0, 0.1) is 0 Å². The van der Waals surface area contributed by atoms with Gasteiger partial charge in [-0.25, -0.2) is 0 Å². The van der Waals surface area contributed by atoms with Gasteiger partial charge in [-0.1, -0.05) is 55.8 Å². The summed E-state index contributed by atoms with van der Waals surface area (Å²) in [6.07, 6.45) is 0. The molecule has 1 atom stereocenters. The van der Waals surface area contributed by atoms with Crippen molar-refractivity contribution >= 4 is 38.9 Å². The topological polar surface area (TPSA) is 53.0 Å². The molecule has 0 bridgehead atoms. The van der Waals surface area contributed by atoms with Gasteiger partial charge < -0.3 is 0 Å². The van der Waals surface area contributed by atoms with Gasteiger partial charge in [0.25, 0.3) is 0 Å². The smallest absolute Gasteiger partial charge is 0.187 e. The number of thiophene rings is 1. The molecule has 8 heteroatoms. The van der Waals surface area contributed by atoms with Gasteiger partial charge in [0.05, 0.1) is 27.4 Å². The van der Waals surface area contributed by atoms with Gasteiger partial charge in [-0.15, -0.1) is 11.3 Å². The number of nitrogens with zero attached hydrogens (tertiary/aromatic N) is 3. The van der Waals surface area contributed by atoms with Crippen LogP contribution < -0.4 is 0 Å². The maximum absolute atomic E-state index is 12.9. The summed E-state index contributed by atoms with van der Waals surface area (Å²) in [4.78, 5) is 0.899. The molecule has 134 valence electrons. The summed E-state index contributed by atoms with van der Waals surface area (Å²) >= 11 is 7.49. The molecular formula is C17H20ClN3O2S2. The average Bonchev–Trinajstić information content (AvgIpc) is 3.23. The predicted molar refractivity (Wildman–Crippen MR) is 104 cm³/mol. The van der Waals surface area contributed by atoms with Crippen LogP contribution in [0.4, 0.5) is 0 Å². The molecule has 1 aromatic carbocycles. The first-order valence-corrected chi connectivity index (χ1v) is 10.7. The van der Waals surface area contributed by atoms with Crippen molar-refractivity contribution in [3.8, 4) is 0 Å². The van der Waals surface area contributed by atoms with Crippen molar-refractivity contribution in [1.29, 1.82) is 0 Å². The minimum atomic E-state index is -3.63. The van der Waals surface area contributed by atoms with E-state index in [9.17, 15) is 8.42 Å². The number of rotatable bonds is 6. The standard InChI is InChI=1S/C17H20ClN3O2S2/c1-3-20(4-2)25(22,23)21-12-14(13-8-6-5-7-9-13)17(19-21)15-10-11-16(18)24-15/h5-11,14H,3-4,12H2,1-2H3. The van der Waals surface area contributed by atoms with E-state index in [-0.39, 0.29) is 5.92 Å². The van der Waals surface area contributed by atoms with Crippen molar-refractivity contribution in [3.05, 3.63) is 57.2 Å². The summed E-state index contributed by atoms with van der Waals surface area (Å²) in [6.45, 7) is 4.79. The van der Waals surface area contributed by atoms with Crippen molar-refractivity contribution < 1.29 is 8.42 Å². The molecule has 0 N–H and O–H groups in total. The van der Waals surface area contributed by atoms with Crippen LogP contribution in [0.3, 0.4) is 0 Å². The number of hydrogen-bond acceptors (Lipinski definition) is 4. The lowest BCUT2D eigenvalue weighted by Crippen LogP contribution is -2.40. The van der Waals surface area contributed by atoms with Crippen LogP contribution in [0.25, 0.3) is 0 Å². The van der Waals surface area contributed by atoms with E-state index in [0.29, 0.717) is 24.0 Å². The van der Waals surface area contributed by atoms with E-state index < -0.39 is 10.2 Å². The zero-order chi connectivity index (χ0) is 18.0. The van der Waals surface area contributed by atoms with Gasteiger partial charge in [0, 0.05) is 13.1 Å². The van der Waals surface area contributed by atoms with Gasteiger partial charge in [-0.2, -0.15) is 22.2 Å². The van der Waals surface area contributed by atoms with Crippen LogP contribution in [0.15, 0.2) is 47.6 Å². The van der Waals surface area contributed by atoms with E-state index in [0.717, 1.165) is 16.2 Å². The van der Waals surface area contributed by atoms with Gasteiger partial charge in [0.2, 0.25) is 0 Å². The molecule has 1 aliphatic heterocycles. The molecule has 0 fully saturated rings. The monoisotopic (exact) mass is 397 g/mol. The minimum Gasteiger partial charge on any atom is -0.187 e. The number of benzene rings is 1. The highest BCUT2D eigenvalue weighted by molar-refractivity contribution is 7.86. The molecule has 0 aliphatic carbocycles. The van der Waals surface area contributed by atoms with Gasteiger partial charge in [0.15, 0.2) is 0 Å². The number of hydrazone groups is 1. The molecule has 0 amide bonds. The van der Waals surface area contributed by atoms with Crippen molar-refractivity contribution in [2.75, 3.05) is 19.6 Å². The Bertz CT molecular complexity index is 861. The summed E-state index contributed by atoms with van der Waals surface area (Å²) in [7, 11) is -3.63. The molecule has 3 rings (SSSR count). The largest absolute Gasteiger partial charge is 0.318 e. The molecule has 0 radical (unpaired) electrons. The molecule has 0 spiro atoms. The molecule has 1 unspecified atom stereocenters. The molecule has 1 aromatic heterocycles. The maximum atomic E-state index is 12.9. The fraction of sp³-hybridized carbons (Fsp3) is 0.353. The van der Waals surface area contributed by atoms with E-state index in [4.69, 9.17) is 11.6 Å². The zero-order valence-corrected chi connectivity index (χ0v) is 16.5. The molecule has 2 heterocycles. The van der Waals surface area contributed by atoms with E-state index in [1.54, 1.807) is 0 Å². The molecular weight excluding hydrogens is 378 g/mol. The van der Waals surface area contributed by atoms with Crippen LogP contribution in [0.5, 0.6) is 0 Å². The lowest BCUT2D eigenvalue weighted by molar-refractivity contribution is 0.367. The van der Waals surface area contributed by atoms with Crippen molar-refractivity contribution in [2.45, 2.75) is 19.8 Å². The SMILES string of the molecule is CCN(CC)S(=O)(=O)N1CC(c2ccccc2)C(c2ccc(Cl)s2)=N1. The third-order valence-corrected chi connectivity index (χ3v) is 7.40. The second-order valence-corrected chi connectivity index (χ2v) is 9.20. The predicted octanol–water partition coefficient (Wildman–Crippen LogP) is 3.79. The Hall–Kier alpha value is -1.41. The first-order valence-electron chi connectivity index (χ1n) is 8.14. The molecule has 0 saturated carbocycles. The summed E-state index contributed by atoms with van der Waals surface area (Å²) in [6, 6.07) is 13.6. The first-order chi connectivity index (χ1) is 12.0. The Labute approximate surface area is 157 Å². The maximum Gasteiger partial charge on any atom is 0.318 e. The average molecular weight is 398 g/mol. The summed E-state index contributed by atoms with van der Waals surface area (Å²) in [5, 5.41) is 4.49. The fourth-order valence-electron chi connectivity index (χ4n) is 2.92. The van der Waals surface area contributed by atoms with Crippen molar-refractivity contribution in [2.24, 2.45) is 5.10 Å². The molecule has 2 aromatic rings. The zero-order valence-electron chi connectivity index (χ0n) is 14.1. The fourth-order valence-corrected chi connectivity index (χ4v) is 5.45. The molecule has 0 saturated heterocycles. The Morgan fingerprint density at radius 3 is 2.44 bits per heavy atom. The lowest BCUT2D eigenvalue weighted by atomic mass is 9.94. The van der Waals surface area contributed by atoms with E-state index >= 15 is 0 Å². The molecule has 5 nitrogen and oxygen atoms in total. The lowest BCUT2D eigenvalue weighted by Gasteiger charge is -2.24. The Balaban J connectivity index is 2.03. The Kier molecular flexibility index (Phi) is 5.48. The number of hydrogen-bond donors (Lipinski definition) is 0. The minimum absolute atomic E-state index is 0.110. The highest BCUT2D eigenvalue weighted by atomic mass is 35.5. The van der Waals surface area contributed by atoms with E-state index in [2.05, 4.69) is 5.10 Å². The third kappa shape index (κ3) is 3.60. The van der Waals surface area contributed by atoms with Gasteiger partial charge >= 0.3 is 10.2 Å². The second kappa shape index (κ2) is 7.45. The summed E-state index contributed by atoms with van der Waals surface area (Å²) in [5.74, 6) is -0.110.